The maximum absolute atomic E-state index is 12.3. The zero-order chi connectivity index (χ0) is 19.7. The van der Waals surface area contributed by atoms with Crippen molar-refractivity contribution < 1.29 is 32.2 Å². The molecular formula is C19H20F3NO4. The van der Waals surface area contributed by atoms with Crippen molar-refractivity contribution in [3.05, 3.63) is 48.2 Å². The smallest absolute Gasteiger partial charge is 0.466 e. The number of aromatic nitrogens is 1. The van der Waals surface area contributed by atoms with Gasteiger partial charge in [0.25, 0.3) is 0 Å². The molecule has 0 radical (unpaired) electrons. The first kappa shape index (κ1) is 20.5. The zero-order valence-corrected chi connectivity index (χ0v) is 14.8. The number of alkyl halides is 3. The number of carbonyl (C=O) groups excluding carboxylic acids is 1. The van der Waals surface area contributed by atoms with Gasteiger partial charge in [0.15, 0.2) is 0 Å². The van der Waals surface area contributed by atoms with Crippen LogP contribution in [0.25, 0.3) is 0 Å². The van der Waals surface area contributed by atoms with Crippen molar-refractivity contribution >= 4 is 5.97 Å². The van der Waals surface area contributed by atoms with E-state index in [9.17, 15) is 18.0 Å². The fraction of sp³-hybridized carbons (Fsp3) is 0.368. The van der Waals surface area contributed by atoms with E-state index in [1.54, 1.807) is 19.2 Å². The molecule has 5 nitrogen and oxygen atoms in total. The number of esters is 1. The van der Waals surface area contributed by atoms with Gasteiger partial charge >= 0.3 is 12.3 Å². The topological polar surface area (TPSA) is 57.7 Å². The number of hydrogen-bond donors (Lipinski definition) is 0. The van der Waals surface area contributed by atoms with Crippen LogP contribution in [0, 0.1) is 0 Å². The fourth-order valence-electron chi connectivity index (χ4n) is 2.31. The molecule has 8 heteroatoms. The van der Waals surface area contributed by atoms with E-state index < -0.39 is 6.36 Å². The number of ether oxygens (including phenoxy) is 3. The van der Waals surface area contributed by atoms with E-state index in [0.29, 0.717) is 13.0 Å². The predicted molar refractivity (Wildman–Crippen MR) is 91.6 cm³/mol. The van der Waals surface area contributed by atoms with Crippen LogP contribution in [0.5, 0.6) is 17.4 Å². The third-order valence-corrected chi connectivity index (χ3v) is 3.46. The minimum atomic E-state index is -4.76. The molecule has 0 atom stereocenters. The van der Waals surface area contributed by atoms with Crippen molar-refractivity contribution in [2.75, 3.05) is 6.61 Å². The van der Waals surface area contributed by atoms with Gasteiger partial charge in [-0.2, -0.15) is 0 Å². The summed E-state index contributed by atoms with van der Waals surface area (Å²) in [6, 6.07) is 8.69. The third kappa shape index (κ3) is 7.98. The Bertz CT molecular complexity index is 732. The second-order valence-electron chi connectivity index (χ2n) is 5.64. The Morgan fingerprint density at radius 2 is 1.89 bits per heavy atom. The lowest BCUT2D eigenvalue weighted by molar-refractivity contribution is -0.274. The molecular weight excluding hydrogens is 363 g/mol. The highest BCUT2D eigenvalue weighted by Crippen LogP contribution is 2.28. The van der Waals surface area contributed by atoms with Crippen molar-refractivity contribution in [3.63, 3.8) is 0 Å². The number of halogens is 3. The van der Waals surface area contributed by atoms with Gasteiger partial charge in [0.05, 0.1) is 6.61 Å². The molecule has 0 fully saturated rings. The van der Waals surface area contributed by atoms with Gasteiger partial charge in [-0.05, 0) is 43.9 Å². The first-order valence-electron chi connectivity index (χ1n) is 8.50. The van der Waals surface area contributed by atoms with E-state index in [1.807, 2.05) is 6.07 Å². The molecule has 0 aliphatic rings. The number of benzene rings is 1. The lowest BCUT2D eigenvalue weighted by Crippen LogP contribution is -2.17. The molecule has 0 spiro atoms. The summed E-state index contributed by atoms with van der Waals surface area (Å²) in [6.45, 7) is 2.16. The summed E-state index contributed by atoms with van der Waals surface area (Å²) in [5.74, 6) is -0.116. The molecule has 146 valence electrons. The SMILES string of the molecule is CCOC(=O)CCCCc1ccc(Oc2cccc(OC(F)(F)F)c2)nc1. The highest BCUT2D eigenvalue weighted by molar-refractivity contribution is 5.69. The number of rotatable bonds is 9. The summed E-state index contributed by atoms with van der Waals surface area (Å²) in [5, 5.41) is 0. The van der Waals surface area contributed by atoms with Crippen LogP contribution in [-0.4, -0.2) is 23.9 Å². The van der Waals surface area contributed by atoms with Gasteiger partial charge in [-0.1, -0.05) is 12.1 Å². The first-order valence-corrected chi connectivity index (χ1v) is 8.50. The molecule has 0 saturated heterocycles. The van der Waals surface area contributed by atoms with Crippen molar-refractivity contribution in [1.82, 2.24) is 4.98 Å². The van der Waals surface area contributed by atoms with E-state index in [-0.39, 0.29) is 23.3 Å². The van der Waals surface area contributed by atoms with E-state index >= 15 is 0 Å². The van der Waals surface area contributed by atoms with Gasteiger partial charge in [0.1, 0.15) is 11.5 Å². The van der Waals surface area contributed by atoms with Gasteiger partial charge in [0.2, 0.25) is 5.88 Å². The molecule has 0 aliphatic heterocycles. The van der Waals surface area contributed by atoms with E-state index in [0.717, 1.165) is 30.9 Å². The van der Waals surface area contributed by atoms with Crippen LogP contribution < -0.4 is 9.47 Å². The Morgan fingerprint density at radius 1 is 1.11 bits per heavy atom. The molecule has 0 N–H and O–H groups in total. The lowest BCUT2D eigenvalue weighted by Gasteiger charge is -2.10. The van der Waals surface area contributed by atoms with Crippen molar-refractivity contribution in [2.45, 2.75) is 39.0 Å². The molecule has 27 heavy (non-hydrogen) atoms. The molecule has 2 rings (SSSR count). The van der Waals surface area contributed by atoms with Crippen LogP contribution in [0.4, 0.5) is 13.2 Å². The fourth-order valence-corrected chi connectivity index (χ4v) is 2.31. The number of unbranched alkanes of at least 4 members (excludes halogenated alkanes) is 1. The van der Waals surface area contributed by atoms with Gasteiger partial charge in [-0.25, -0.2) is 4.98 Å². The summed E-state index contributed by atoms with van der Waals surface area (Å²) in [5.41, 5.74) is 0.973. The highest BCUT2D eigenvalue weighted by Gasteiger charge is 2.31. The Kier molecular flexibility index (Phi) is 7.45. The second-order valence-corrected chi connectivity index (χ2v) is 5.64. The van der Waals surface area contributed by atoms with Crippen LogP contribution in [0.1, 0.15) is 31.7 Å². The normalized spacial score (nSPS) is 11.1. The van der Waals surface area contributed by atoms with Crippen LogP contribution in [0.2, 0.25) is 0 Å². The van der Waals surface area contributed by atoms with Crippen molar-refractivity contribution in [3.8, 4) is 17.4 Å². The third-order valence-electron chi connectivity index (χ3n) is 3.46. The van der Waals surface area contributed by atoms with Crippen molar-refractivity contribution in [2.24, 2.45) is 0 Å². The number of hydrogen-bond acceptors (Lipinski definition) is 5. The average Bonchev–Trinajstić information content (AvgIpc) is 2.59. The summed E-state index contributed by atoms with van der Waals surface area (Å²) >= 11 is 0. The number of pyridine rings is 1. The molecule has 0 amide bonds. The lowest BCUT2D eigenvalue weighted by atomic mass is 10.1. The number of nitrogens with zero attached hydrogens (tertiary/aromatic N) is 1. The number of aryl methyl sites for hydroxylation is 1. The molecule has 1 heterocycles. The van der Waals surface area contributed by atoms with Gasteiger partial charge in [-0.15, -0.1) is 13.2 Å². The molecule has 2 aromatic rings. The predicted octanol–water partition coefficient (Wildman–Crippen LogP) is 5.05. The van der Waals surface area contributed by atoms with Crippen LogP contribution >= 0.6 is 0 Å². The Labute approximate surface area is 155 Å². The van der Waals surface area contributed by atoms with E-state index in [4.69, 9.17) is 9.47 Å². The summed E-state index contributed by atoms with van der Waals surface area (Å²) < 4.78 is 50.9. The molecule has 0 saturated carbocycles. The molecule has 1 aromatic carbocycles. The minimum absolute atomic E-state index is 0.187. The summed E-state index contributed by atoms with van der Waals surface area (Å²) in [6.07, 6.45) is -0.442. The maximum atomic E-state index is 12.3. The van der Waals surface area contributed by atoms with Crippen LogP contribution in [0.3, 0.4) is 0 Å². The monoisotopic (exact) mass is 383 g/mol. The van der Waals surface area contributed by atoms with Gasteiger partial charge in [0, 0.05) is 24.8 Å². The first-order chi connectivity index (χ1) is 12.9. The van der Waals surface area contributed by atoms with Crippen LogP contribution in [-0.2, 0) is 16.0 Å². The molecule has 0 aliphatic carbocycles. The Morgan fingerprint density at radius 3 is 2.56 bits per heavy atom. The van der Waals surface area contributed by atoms with Gasteiger partial charge in [-0.3, -0.25) is 4.79 Å². The molecule has 0 bridgehead atoms. The largest absolute Gasteiger partial charge is 0.573 e. The molecule has 0 unspecified atom stereocenters. The zero-order valence-electron chi connectivity index (χ0n) is 14.8. The van der Waals surface area contributed by atoms with Crippen molar-refractivity contribution in [1.29, 1.82) is 0 Å². The van der Waals surface area contributed by atoms with E-state index in [1.165, 1.54) is 18.2 Å². The second kappa shape index (κ2) is 9.80. The average molecular weight is 383 g/mol. The highest BCUT2D eigenvalue weighted by atomic mass is 19.4. The minimum Gasteiger partial charge on any atom is -0.466 e. The van der Waals surface area contributed by atoms with Gasteiger partial charge < -0.3 is 14.2 Å². The van der Waals surface area contributed by atoms with E-state index in [2.05, 4.69) is 9.72 Å². The van der Waals surface area contributed by atoms with Crippen LogP contribution in [0.15, 0.2) is 42.6 Å². The maximum Gasteiger partial charge on any atom is 0.573 e. The number of carbonyl (C=O) groups is 1. The quantitative estimate of drug-likeness (QED) is 0.448. The summed E-state index contributed by atoms with van der Waals surface area (Å²) in [7, 11) is 0. The Balaban J connectivity index is 1.83. The standard InChI is InChI=1S/C19H20F3NO4/c1-2-25-18(24)9-4-3-6-14-10-11-17(23-13-14)26-15-7-5-8-16(12-15)27-19(20,21)22/h5,7-8,10-13H,2-4,6,9H2,1H3. The Hall–Kier alpha value is -2.77. The summed E-state index contributed by atoms with van der Waals surface area (Å²) in [4.78, 5) is 15.4. The molecule has 1 aromatic heterocycles.